The first kappa shape index (κ1) is 20.1. The summed E-state index contributed by atoms with van der Waals surface area (Å²) in [5, 5.41) is 2.58. The van der Waals surface area contributed by atoms with Gasteiger partial charge >= 0.3 is 5.97 Å². The number of fused-ring (bicyclic) bond motifs is 1. The first-order chi connectivity index (χ1) is 14.5. The highest BCUT2D eigenvalue weighted by Crippen LogP contribution is 2.30. The summed E-state index contributed by atoms with van der Waals surface area (Å²) < 4.78 is 10.4. The van der Waals surface area contributed by atoms with E-state index in [4.69, 9.17) is 9.15 Å². The average Bonchev–Trinajstić information content (AvgIpc) is 3.31. The molecule has 0 aliphatic heterocycles. The van der Waals surface area contributed by atoms with Crippen LogP contribution in [0.2, 0.25) is 0 Å². The van der Waals surface area contributed by atoms with E-state index in [9.17, 15) is 9.59 Å². The van der Waals surface area contributed by atoms with Gasteiger partial charge in [0, 0.05) is 10.9 Å². The number of hydrogen-bond acceptors (Lipinski definition) is 7. The Kier molecular flexibility index (Phi) is 5.52. The highest BCUT2D eigenvalue weighted by molar-refractivity contribution is 7.17. The predicted octanol–water partition coefficient (Wildman–Crippen LogP) is 3.97. The molecule has 3 heterocycles. The van der Waals surface area contributed by atoms with Crippen molar-refractivity contribution in [3.8, 4) is 11.1 Å². The van der Waals surface area contributed by atoms with Crippen LogP contribution in [0.1, 0.15) is 27.7 Å². The lowest BCUT2D eigenvalue weighted by Crippen LogP contribution is -2.21. The number of benzene rings is 1. The highest BCUT2D eigenvalue weighted by atomic mass is 32.1. The number of ether oxygens (including phenoxy) is 1. The maximum Gasteiger partial charge on any atom is 0.341 e. The summed E-state index contributed by atoms with van der Waals surface area (Å²) >= 11 is 1.46. The predicted molar refractivity (Wildman–Crippen MR) is 116 cm³/mol. The number of rotatable bonds is 6. The third-order valence-electron chi connectivity index (χ3n) is 4.80. The molecule has 0 aliphatic carbocycles. The third kappa shape index (κ3) is 3.92. The molecule has 4 rings (SSSR count). The number of furan rings is 1. The average molecular weight is 423 g/mol. The number of aryl methyl sites for hydroxylation is 1. The smallest absolute Gasteiger partial charge is 0.341 e. The maximum atomic E-state index is 12.8. The number of aromatic nitrogens is 2. The molecular weight excluding hydrogens is 402 g/mol. The second-order valence-corrected chi connectivity index (χ2v) is 7.91. The second kappa shape index (κ2) is 8.25. The molecule has 4 aromatic rings. The van der Waals surface area contributed by atoms with Gasteiger partial charge in [0.15, 0.2) is 0 Å². The summed E-state index contributed by atoms with van der Waals surface area (Å²) in [6, 6.07) is 11.5. The van der Waals surface area contributed by atoms with E-state index in [2.05, 4.69) is 9.97 Å². The van der Waals surface area contributed by atoms with Gasteiger partial charge in [0.2, 0.25) is 0 Å². The molecule has 0 bridgehead atoms. The van der Waals surface area contributed by atoms with Crippen LogP contribution in [0.25, 0.3) is 21.3 Å². The Morgan fingerprint density at radius 2 is 2.03 bits per heavy atom. The molecule has 30 heavy (non-hydrogen) atoms. The number of carbonyl (C=O) groups excluding carboxylic acids is 1. The van der Waals surface area contributed by atoms with Crippen molar-refractivity contribution in [3.63, 3.8) is 0 Å². The molecular formula is C22H21N3O4S. The van der Waals surface area contributed by atoms with Crippen LogP contribution in [0.5, 0.6) is 0 Å². The molecule has 0 saturated carbocycles. The lowest BCUT2D eigenvalue weighted by molar-refractivity contribution is 0.0599. The van der Waals surface area contributed by atoms with Gasteiger partial charge in [-0.05, 0) is 25.6 Å². The van der Waals surface area contributed by atoms with Crippen LogP contribution in [0.15, 0.2) is 51.0 Å². The maximum absolute atomic E-state index is 12.8. The molecule has 3 aromatic heterocycles. The van der Waals surface area contributed by atoms with Crippen LogP contribution in [-0.4, -0.2) is 35.0 Å². The monoisotopic (exact) mass is 423 g/mol. The molecule has 0 fully saturated rings. The number of esters is 1. The van der Waals surface area contributed by atoms with E-state index >= 15 is 0 Å². The largest absolute Gasteiger partial charge is 0.465 e. The van der Waals surface area contributed by atoms with E-state index in [1.807, 2.05) is 47.7 Å². The number of nitrogens with zero attached hydrogens (tertiary/aromatic N) is 2. The fraction of sp³-hybridized carbons (Fsp3) is 0.227. The number of methoxy groups -OCH3 is 1. The normalized spacial score (nSPS) is 11.3. The Morgan fingerprint density at radius 1 is 1.27 bits per heavy atom. The van der Waals surface area contributed by atoms with Gasteiger partial charge in [-0.1, -0.05) is 30.3 Å². The third-order valence-corrected chi connectivity index (χ3v) is 5.67. The molecule has 0 atom stereocenters. The number of thiophene rings is 1. The van der Waals surface area contributed by atoms with Crippen LogP contribution in [0.3, 0.4) is 0 Å². The first-order valence-corrected chi connectivity index (χ1v) is 10.3. The quantitative estimate of drug-likeness (QED) is 0.472. The highest BCUT2D eigenvalue weighted by Gasteiger charge is 2.17. The van der Waals surface area contributed by atoms with E-state index in [0.29, 0.717) is 46.2 Å². The Hall–Kier alpha value is -3.23. The standard InChI is InChI=1S/C22H21N3O4S/c1-13-16(22(27)28-3)9-15(29-13)10-25(2)11-18-23-20(26)19-17(12-30-21(19)24-18)14-7-5-4-6-8-14/h4-9,12H,10-11H2,1-3H3,(H,23,24,26). The molecule has 1 aromatic carbocycles. The van der Waals surface area contributed by atoms with Crippen molar-refractivity contribution < 1.29 is 13.9 Å². The van der Waals surface area contributed by atoms with E-state index in [-0.39, 0.29) is 5.56 Å². The van der Waals surface area contributed by atoms with Crippen molar-refractivity contribution in [1.29, 1.82) is 0 Å². The molecule has 7 nitrogen and oxygen atoms in total. The lowest BCUT2D eigenvalue weighted by atomic mass is 10.1. The van der Waals surface area contributed by atoms with E-state index in [1.54, 1.807) is 13.0 Å². The van der Waals surface area contributed by atoms with E-state index in [1.165, 1.54) is 18.4 Å². The molecule has 0 saturated heterocycles. The van der Waals surface area contributed by atoms with Crippen molar-refractivity contribution in [2.45, 2.75) is 20.0 Å². The number of H-pyrrole nitrogens is 1. The summed E-state index contributed by atoms with van der Waals surface area (Å²) in [5.74, 6) is 1.31. The molecule has 0 unspecified atom stereocenters. The lowest BCUT2D eigenvalue weighted by Gasteiger charge is -2.14. The Bertz CT molecular complexity index is 1260. The minimum absolute atomic E-state index is 0.148. The minimum Gasteiger partial charge on any atom is -0.465 e. The van der Waals surface area contributed by atoms with Gasteiger partial charge in [0.05, 0.1) is 25.6 Å². The summed E-state index contributed by atoms with van der Waals surface area (Å²) in [7, 11) is 3.23. The number of carbonyl (C=O) groups is 1. The summed E-state index contributed by atoms with van der Waals surface area (Å²) in [6.45, 7) is 2.61. The molecule has 0 amide bonds. The number of aromatic amines is 1. The molecule has 154 valence electrons. The fourth-order valence-electron chi connectivity index (χ4n) is 3.41. The zero-order valence-electron chi connectivity index (χ0n) is 16.9. The SMILES string of the molecule is COC(=O)c1cc(CN(C)Cc2nc3scc(-c4ccccc4)c3c(=O)[nH]2)oc1C. The van der Waals surface area contributed by atoms with Crippen LogP contribution < -0.4 is 5.56 Å². The van der Waals surface area contributed by atoms with Crippen LogP contribution in [0.4, 0.5) is 0 Å². The van der Waals surface area contributed by atoms with Gasteiger partial charge < -0.3 is 14.1 Å². The Morgan fingerprint density at radius 3 is 2.77 bits per heavy atom. The number of nitrogens with one attached hydrogen (secondary N) is 1. The summed E-state index contributed by atoms with van der Waals surface area (Å²) in [5.41, 5.74) is 2.16. The van der Waals surface area contributed by atoms with E-state index in [0.717, 1.165) is 11.1 Å². The fourth-order valence-corrected chi connectivity index (χ4v) is 4.38. The molecule has 1 N–H and O–H groups in total. The van der Waals surface area contributed by atoms with Crippen molar-refractivity contribution in [2.75, 3.05) is 14.2 Å². The van der Waals surface area contributed by atoms with Gasteiger partial charge in [0.25, 0.3) is 5.56 Å². The number of hydrogen-bond donors (Lipinski definition) is 1. The topological polar surface area (TPSA) is 88.4 Å². The Labute approximate surface area is 176 Å². The molecule has 8 heteroatoms. The van der Waals surface area contributed by atoms with Crippen LogP contribution in [0, 0.1) is 6.92 Å². The van der Waals surface area contributed by atoms with Crippen molar-refractivity contribution in [2.24, 2.45) is 0 Å². The zero-order valence-corrected chi connectivity index (χ0v) is 17.7. The van der Waals surface area contributed by atoms with Gasteiger partial charge in [-0.2, -0.15) is 0 Å². The zero-order chi connectivity index (χ0) is 21.3. The van der Waals surface area contributed by atoms with Crippen LogP contribution >= 0.6 is 11.3 Å². The second-order valence-electron chi connectivity index (χ2n) is 7.05. The summed E-state index contributed by atoms with van der Waals surface area (Å²) in [6.07, 6.45) is 0. The summed E-state index contributed by atoms with van der Waals surface area (Å²) in [4.78, 5) is 34.7. The van der Waals surface area contributed by atoms with Crippen LogP contribution in [-0.2, 0) is 17.8 Å². The first-order valence-electron chi connectivity index (χ1n) is 9.38. The van der Waals surface area contributed by atoms with Gasteiger partial charge in [-0.15, -0.1) is 11.3 Å². The van der Waals surface area contributed by atoms with Crippen molar-refractivity contribution in [1.82, 2.24) is 14.9 Å². The molecule has 0 aliphatic rings. The van der Waals surface area contributed by atoms with Gasteiger partial charge in [-0.25, -0.2) is 9.78 Å². The van der Waals surface area contributed by atoms with Crippen molar-refractivity contribution in [3.05, 3.63) is 75.0 Å². The van der Waals surface area contributed by atoms with E-state index < -0.39 is 5.97 Å². The minimum atomic E-state index is -0.423. The molecule has 0 radical (unpaired) electrons. The molecule has 0 spiro atoms. The van der Waals surface area contributed by atoms with Gasteiger partial charge in [0.1, 0.15) is 27.7 Å². The Balaban J connectivity index is 1.54. The van der Waals surface area contributed by atoms with Crippen molar-refractivity contribution >= 4 is 27.5 Å². The van der Waals surface area contributed by atoms with Gasteiger partial charge in [-0.3, -0.25) is 9.69 Å².